The number of hydrogen-bond acceptors (Lipinski definition) is 3. The summed E-state index contributed by atoms with van der Waals surface area (Å²) in [6, 6.07) is 3.90. The van der Waals surface area contributed by atoms with Crippen LogP contribution in [0.1, 0.15) is 69.9 Å². The van der Waals surface area contributed by atoms with Gasteiger partial charge in [0.1, 0.15) is 5.78 Å². The second-order valence-corrected chi connectivity index (χ2v) is 10.8. The largest absolute Gasteiger partial charge is 0.398 e. The van der Waals surface area contributed by atoms with E-state index in [2.05, 4.69) is 13.8 Å². The normalized spacial score (nSPS) is 33.2. The van der Waals surface area contributed by atoms with Crippen LogP contribution in [0.25, 0.3) is 0 Å². The Balaban J connectivity index is 0.00000120. The molecule has 4 fully saturated rings. The number of Topliss-reactive ketones (excluding diaryl/α,β-unsaturated/α-hetero) is 1. The molecule has 1 heterocycles. The molecule has 6 heteroatoms. The summed E-state index contributed by atoms with van der Waals surface area (Å²) in [7, 11) is 0. The molecule has 1 aromatic rings. The lowest BCUT2D eigenvalue weighted by Crippen LogP contribution is -2.50. The van der Waals surface area contributed by atoms with Crippen LogP contribution in [0.3, 0.4) is 0 Å². The molecule has 0 saturated heterocycles. The van der Waals surface area contributed by atoms with Gasteiger partial charge in [0.2, 0.25) is 0 Å². The van der Waals surface area contributed by atoms with Crippen LogP contribution in [-0.4, -0.2) is 17.0 Å². The number of hydrogen-bond donors (Lipinski definition) is 1. The monoisotopic (exact) mass is 456 g/mol. The van der Waals surface area contributed by atoms with Crippen molar-refractivity contribution in [2.24, 2.45) is 28.2 Å². The van der Waals surface area contributed by atoms with Crippen LogP contribution in [-0.2, 0) is 11.2 Å². The Morgan fingerprint density at radius 2 is 1.66 bits per heavy atom. The third-order valence-electron chi connectivity index (χ3n) is 7.55. The lowest BCUT2D eigenvalue weighted by molar-refractivity contribution is -0.142. The van der Waals surface area contributed by atoms with Crippen molar-refractivity contribution in [2.75, 3.05) is 5.73 Å². The zero-order valence-corrected chi connectivity index (χ0v) is 19.6. The number of carbonyl (C=O) groups excluding carboxylic acids is 1. The van der Waals surface area contributed by atoms with E-state index in [0.717, 1.165) is 54.7 Å². The zero-order valence-electron chi connectivity index (χ0n) is 17.2. The lowest BCUT2D eigenvalue weighted by Gasteiger charge is -2.56. The molecule has 29 heavy (non-hydrogen) atoms. The smallest absolute Gasteiger partial charge is 0.145 e. The first-order chi connectivity index (χ1) is 12.7. The molecule has 4 bridgehead atoms. The van der Waals surface area contributed by atoms with E-state index >= 15 is 0 Å². The highest BCUT2D eigenvalue weighted by Gasteiger charge is 2.54. The van der Waals surface area contributed by atoms with Crippen molar-refractivity contribution in [2.45, 2.75) is 70.8 Å². The van der Waals surface area contributed by atoms with Crippen LogP contribution in [0.5, 0.6) is 0 Å². The second-order valence-electron chi connectivity index (χ2n) is 10.4. The van der Waals surface area contributed by atoms with Gasteiger partial charge in [-0.05, 0) is 94.2 Å². The highest BCUT2D eigenvalue weighted by molar-refractivity contribution is 6.33. The summed E-state index contributed by atoms with van der Waals surface area (Å²) in [5, 5.41) is 0.596. The number of carbonyl (C=O) groups is 1. The Bertz CT molecular complexity index is 827. The maximum atomic E-state index is 13.6. The average molecular weight is 458 g/mol. The Morgan fingerprint density at radius 1 is 1.10 bits per heavy atom. The number of ketones is 1. The van der Waals surface area contributed by atoms with Gasteiger partial charge in [-0.25, -0.2) is 0 Å². The topological polar surface area (TPSA) is 55.5 Å². The highest BCUT2D eigenvalue weighted by Crippen LogP contribution is 2.60. The second kappa shape index (κ2) is 7.73. The first kappa shape index (κ1) is 22.9. The van der Waals surface area contributed by atoms with Gasteiger partial charge in [-0.2, -0.15) is 0 Å². The summed E-state index contributed by atoms with van der Waals surface area (Å²) in [6.45, 7) is 4.27. The molecule has 6 rings (SSSR count). The van der Waals surface area contributed by atoms with E-state index in [9.17, 15) is 4.79 Å². The van der Waals surface area contributed by atoms with E-state index in [1.165, 1.54) is 24.8 Å². The molecule has 0 unspecified atom stereocenters. The molecule has 160 valence electrons. The number of aliphatic imine (C=N–C) groups is 1. The first-order valence-electron chi connectivity index (χ1n) is 10.4. The predicted molar refractivity (Wildman–Crippen MR) is 125 cm³/mol. The summed E-state index contributed by atoms with van der Waals surface area (Å²) in [5.41, 5.74) is 9.50. The van der Waals surface area contributed by atoms with Crippen molar-refractivity contribution in [1.29, 1.82) is 0 Å². The van der Waals surface area contributed by atoms with E-state index < -0.39 is 0 Å². The zero-order chi connectivity index (χ0) is 19.0. The van der Waals surface area contributed by atoms with Gasteiger partial charge in [0.15, 0.2) is 0 Å². The van der Waals surface area contributed by atoms with E-state index in [0.29, 0.717) is 22.9 Å². The van der Waals surface area contributed by atoms with Crippen molar-refractivity contribution in [3.8, 4) is 0 Å². The molecular formula is C23H31Cl3N2O. The molecule has 0 spiro atoms. The van der Waals surface area contributed by atoms with Gasteiger partial charge in [0.25, 0.3) is 0 Å². The van der Waals surface area contributed by atoms with Crippen LogP contribution in [0.15, 0.2) is 17.1 Å². The first-order valence-corrected chi connectivity index (χ1v) is 10.8. The summed E-state index contributed by atoms with van der Waals surface area (Å²) < 4.78 is 0. The van der Waals surface area contributed by atoms with E-state index in [-0.39, 0.29) is 35.8 Å². The standard InChI is InChI=1S/C23H29ClN2O.2ClH/c1-22(2)12-16-6-18(24)19(25)7-17(16)20(26-22)8-21(27)23-9-13-3-14(10-23)5-15(4-13)11-23;;/h6-7,13-15H,3-5,8-12,25H2,1-2H3;2*1H. The number of nitrogens with two attached hydrogens (primary N) is 1. The van der Waals surface area contributed by atoms with Gasteiger partial charge in [0.05, 0.1) is 22.0 Å². The molecule has 3 nitrogen and oxygen atoms in total. The van der Waals surface area contributed by atoms with Gasteiger partial charge in [-0.15, -0.1) is 24.8 Å². The SMILES string of the molecule is CC1(C)Cc2cc(Cl)c(N)cc2C(CC(=O)C23CC4CC(CC(C4)C2)C3)=N1.Cl.Cl. The van der Waals surface area contributed by atoms with Gasteiger partial charge in [-0.3, -0.25) is 9.79 Å². The summed E-state index contributed by atoms with van der Waals surface area (Å²) in [4.78, 5) is 18.6. The number of halogens is 3. The number of nitrogen functional groups attached to an aromatic ring is 1. The third-order valence-corrected chi connectivity index (χ3v) is 7.88. The van der Waals surface area contributed by atoms with E-state index in [4.69, 9.17) is 22.3 Å². The number of benzene rings is 1. The Morgan fingerprint density at radius 3 is 2.21 bits per heavy atom. The molecule has 0 radical (unpaired) electrons. The molecule has 0 amide bonds. The third kappa shape index (κ3) is 3.95. The highest BCUT2D eigenvalue weighted by atomic mass is 35.5. The van der Waals surface area contributed by atoms with Crippen molar-refractivity contribution in [3.05, 3.63) is 28.3 Å². The minimum absolute atomic E-state index is 0. The van der Waals surface area contributed by atoms with Crippen molar-refractivity contribution in [3.63, 3.8) is 0 Å². The summed E-state index contributed by atoms with van der Waals surface area (Å²) in [5.74, 6) is 2.78. The number of rotatable bonds is 3. The van der Waals surface area contributed by atoms with Gasteiger partial charge in [-0.1, -0.05) is 11.6 Å². The summed E-state index contributed by atoms with van der Waals surface area (Å²) in [6.07, 6.45) is 8.70. The van der Waals surface area contributed by atoms with Crippen molar-refractivity contribution in [1.82, 2.24) is 0 Å². The molecule has 0 atom stereocenters. The van der Waals surface area contributed by atoms with Crippen LogP contribution >= 0.6 is 36.4 Å². The van der Waals surface area contributed by atoms with E-state index in [1.807, 2.05) is 12.1 Å². The van der Waals surface area contributed by atoms with Crippen LogP contribution in [0.4, 0.5) is 5.69 Å². The van der Waals surface area contributed by atoms with Crippen molar-refractivity contribution >= 4 is 53.6 Å². The Hall–Kier alpha value is -0.770. The molecule has 1 aromatic carbocycles. The van der Waals surface area contributed by atoms with Gasteiger partial charge < -0.3 is 5.73 Å². The fourth-order valence-corrected chi connectivity index (χ4v) is 7.09. The predicted octanol–water partition coefficient (Wildman–Crippen LogP) is 6.07. The van der Waals surface area contributed by atoms with Gasteiger partial charge >= 0.3 is 0 Å². The van der Waals surface area contributed by atoms with Crippen molar-refractivity contribution < 1.29 is 4.79 Å². The molecule has 4 saturated carbocycles. The fraction of sp³-hybridized carbons (Fsp3) is 0.652. The quantitative estimate of drug-likeness (QED) is 0.560. The van der Waals surface area contributed by atoms with Gasteiger partial charge in [0, 0.05) is 17.4 Å². The lowest BCUT2D eigenvalue weighted by atomic mass is 9.48. The fourth-order valence-electron chi connectivity index (χ4n) is 6.90. The minimum Gasteiger partial charge on any atom is -0.398 e. The number of fused-ring (bicyclic) bond motifs is 1. The van der Waals surface area contributed by atoms with E-state index in [1.54, 1.807) is 0 Å². The van der Waals surface area contributed by atoms with Crippen LogP contribution in [0, 0.1) is 23.2 Å². The maximum Gasteiger partial charge on any atom is 0.145 e. The maximum absolute atomic E-state index is 13.6. The molecule has 0 aromatic heterocycles. The average Bonchev–Trinajstić information content (AvgIpc) is 2.54. The minimum atomic E-state index is -0.205. The number of nitrogens with zero attached hydrogens (tertiary/aromatic N) is 1. The molecular weight excluding hydrogens is 427 g/mol. The molecule has 1 aliphatic heterocycles. The molecule has 2 N–H and O–H groups in total. The molecule has 5 aliphatic rings. The Kier molecular flexibility index (Phi) is 6.11. The molecule has 4 aliphatic carbocycles. The van der Waals surface area contributed by atoms with Crippen LogP contribution < -0.4 is 5.73 Å². The Labute approximate surface area is 191 Å². The number of anilines is 1. The van der Waals surface area contributed by atoms with Crippen LogP contribution in [0.2, 0.25) is 5.02 Å². The summed E-state index contributed by atoms with van der Waals surface area (Å²) >= 11 is 6.27.